The van der Waals surface area contributed by atoms with E-state index in [0.29, 0.717) is 5.56 Å². The number of nitrogens with two attached hydrogens (primary N) is 1. The number of anilines is 1. The zero-order valence-corrected chi connectivity index (χ0v) is 14.3. The fourth-order valence-electron chi connectivity index (χ4n) is 2.29. The van der Waals surface area contributed by atoms with Crippen molar-refractivity contribution in [3.8, 4) is 5.75 Å². The minimum Gasteiger partial charge on any atom is -0.424 e. The lowest BCUT2D eigenvalue weighted by Crippen LogP contribution is -2.43. The molecule has 0 aromatic heterocycles. The van der Waals surface area contributed by atoms with E-state index in [2.05, 4.69) is 4.74 Å². The molecule has 25 heavy (non-hydrogen) atoms. The maximum absolute atomic E-state index is 13.6. The molecule has 0 fully saturated rings. The van der Waals surface area contributed by atoms with Crippen LogP contribution in [0.1, 0.15) is 16.7 Å². The van der Waals surface area contributed by atoms with Crippen LogP contribution in [0.2, 0.25) is 0 Å². The van der Waals surface area contributed by atoms with Crippen LogP contribution in [-0.2, 0) is 5.60 Å². The van der Waals surface area contributed by atoms with Crippen molar-refractivity contribution in [1.82, 2.24) is 0 Å². The summed E-state index contributed by atoms with van der Waals surface area (Å²) in [6.45, 7) is 1.50. The summed E-state index contributed by atoms with van der Waals surface area (Å²) in [7, 11) is 0. The Balaban J connectivity index is 2.53. The number of nitrogen functional groups attached to an aromatic ring is 1. The minimum atomic E-state index is -5.06. The standard InChI is InChI=1S/C16H13BrF5NO2/c1-9-8-11(4-7-13(9)23)14(24,15(18,19)20)10-2-5-12(6-3-10)25-16(17,21)22/h2-8,24H,23H2,1H3. The quantitative estimate of drug-likeness (QED) is 0.424. The van der Waals surface area contributed by atoms with E-state index in [1.54, 1.807) is 0 Å². The van der Waals surface area contributed by atoms with Crippen molar-refractivity contribution in [3.05, 3.63) is 59.2 Å². The Morgan fingerprint density at radius 3 is 1.92 bits per heavy atom. The van der Waals surface area contributed by atoms with Crippen molar-refractivity contribution >= 4 is 21.6 Å². The highest BCUT2D eigenvalue weighted by Gasteiger charge is 2.56. The second-order valence-electron chi connectivity index (χ2n) is 5.35. The van der Waals surface area contributed by atoms with Gasteiger partial charge in [0.25, 0.3) is 0 Å². The first-order chi connectivity index (χ1) is 11.3. The van der Waals surface area contributed by atoms with Crippen LogP contribution in [-0.4, -0.2) is 16.3 Å². The molecule has 0 aliphatic heterocycles. The maximum atomic E-state index is 13.6. The van der Waals surface area contributed by atoms with Gasteiger partial charge in [-0.3, -0.25) is 0 Å². The van der Waals surface area contributed by atoms with Gasteiger partial charge in [0, 0.05) is 21.6 Å². The zero-order chi connectivity index (χ0) is 19.0. The van der Waals surface area contributed by atoms with Gasteiger partial charge in [0.2, 0.25) is 5.60 Å². The van der Waals surface area contributed by atoms with Gasteiger partial charge in [-0.25, -0.2) is 0 Å². The fourth-order valence-corrected chi connectivity index (χ4v) is 2.48. The number of aryl methyl sites for hydroxylation is 1. The topological polar surface area (TPSA) is 55.5 Å². The van der Waals surface area contributed by atoms with E-state index in [9.17, 15) is 27.1 Å². The first-order valence-corrected chi connectivity index (χ1v) is 7.66. The summed E-state index contributed by atoms with van der Waals surface area (Å²) in [6.07, 6.45) is -5.06. The summed E-state index contributed by atoms with van der Waals surface area (Å²) in [6, 6.07) is 6.99. The van der Waals surface area contributed by atoms with E-state index < -0.39 is 27.9 Å². The van der Waals surface area contributed by atoms with Gasteiger partial charge in [-0.05, 0) is 41.8 Å². The summed E-state index contributed by atoms with van der Waals surface area (Å²) in [5, 5.41) is 6.80. The predicted octanol–water partition coefficient (Wildman–Crippen LogP) is 4.70. The van der Waals surface area contributed by atoms with Crippen molar-refractivity contribution in [1.29, 1.82) is 0 Å². The highest BCUT2D eigenvalue weighted by Crippen LogP contribution is 2.45. The molecule has 0 saturated heterocycles. The molecule has 0 amide bonds. The zero-order valence-electron chi connectivity index (χ0n) is 12.7. The Kier molecular flexibility index (Phi) is 5.02. The lowest BCUT2D eigenvalue weighted by Gasteiger charge is -2.32. The third kappa shape index (κ3) is 4.04. The molecule has 1 unspecified atom stereocenters. The van der Waals surface area contributed by atoms with Gasteiger partial charge in [-0.15, -0.1) is 0 Å². The molecule has 0 saturated carbocycles. The molecule has 9 heteroatoms. The van der Waals surface area contributed by atoms with Gasteiger partial charge in [0.05, 0.1) is 0 Å². The molecule has 2 rings (SSSR count). The molecule has 0 heterocycles. The van der Waals surface area contributed by atoms with Crippen molar-refractivity contribution in [3.63, 3.8) is 0 Å². The molecular formula is C16H13BrF5NO2. The van der Waals surface area contributed by atoms with Crippen LogP contribution in [0, 0.1) is 6.92 Å². The van der Waals surface area contributed by atoms with Crippen molar-refractivity contribution in [2.24, 2.45) is 0 Å². The lowest BCUT2D eigenvalue weighted by molar-refractivity contribution is -0.248. The number of rotatable bonds is 4. The van der Waals surface area contributed by atoms with Crippen molar-refractivity contribution in [2.45, 2.75) is 23.7 Å². The summed E-state index contributed by atoms with van der Waals surface area (Å²) in [4.78, 5) is 0. The van der Waals surface area contributed by atoms with Crippen LogP contribution in [0.25, 0.3) is 0 Å². The second kappa shape index (κ2) is 6.45. The molecule has 3 nitrogen and oxygen atoms in total. The van der Waals surface area contributed by atoms with E-state index in [1.807, 2.05) is 15.9 Å². The summed E-state index contributed by atoms with van der Waals surface area (Å²) in [5.41, 5.74) is 1.92. The molecule has 0 spiro atoms. The molecule has 0 radical (unpaired) electrons. The summed E-state index contributed by atoms with van der Waals surface area (Å²) < 4.78 is 70.6. The van der Waals surface area contributed by atoms with Gasteiger partial charge >= 0.3 is 11.2 Å². The third-order valence-electron chi connectivity index (χ3n) is 3.60. The van der Waals surface area contributed by atoms with E-state index in [4.69, 9.17) is 5.73 Å². The molecule has 0 aliphatic rings. The summed E-state index contributed by atoms with van der Waals surface area (Å²) >= 11 is 1.96. The minimum absolute atomic E-state index is 0.275. The van der Waals surface area contributed by atoms with E-state index >= 15 is 0 Å². The molecule has 136 valence electrons. The van der Waals surface area contributed by atoms with Gasteiger partial charge < -0.3 is 15.6 Å². The monoisotopic (exact) mass is 425 g/mol. The Morgan fingerprint density at radius 2 is 1.48 bits per heavy atom. The number of aliphatic hydroxyl groups is 1. The summed E-state index contributed by atoms with van der Waals surface area (Å²) in [5.74, 6) is -0.372. The molecule has 1 atom stereocenters. The van der Waals surface area contributed by atoms with Gasteiger partial charge in [0.1, 0.15) is 5.75 Å². The largest absolute Gasteiger partial charge is 0.459 e. The highest BCUT2D eigenvalue weighted by molar-refractivity contribution is 9.09. The average Bonchev–Trinajstić information content (AvgIpc) is 2.47. The number of alkyl halides is 6. The van der Waals surface area contributed by atoms with Crippen LogP contribution >= 0.6 is 15.9 Å². The smallest absolute Gasteiger partial charge is 0.424 e. The first kappa shape index (κ1) is 19.5. The van der Waals surface area contributed by atoms with Crippen molar-refractivity contribution in [2.75, 3.05) is 5.73 Å². The number of ether oxygens (including phenoxy) is 1. The van der Waals surface area contributed by atoms with Crippen LogP contribution in [0.4, 0.5) is 27.6 Å². The molecular weight excluding hydrogens is 413 g/mol. The Bertz CT molecular complexity index is 759. The van der Waals surface area contributed by atoms with Crippen LogP contribution < -0.4 is 10.5 Å². The molecule has 3 N–H and O–H groups in total. The fraction of sp³-hybridized carbons (Fsp3) is 0.250. The first-order valence-electron chi connectivity index (χ1n) is 6.86. The molecule has 0 bridgehead atoms. The highest BCUT2D eigenvalue weighted by atomic mass is 79.9. The number of halogens is 6. The Labute approximate surface area is 148 Å². The van der Waals surface area contributed by atoms with Crippen LogP contribution in [0.15, 0.2) is 42.5 Å². The Morgan fingerprint density at radius 1 is 0.960 bits per heavy atom. The van der Waals surface area contributed by atoms with Gasteiger partial charge in [-0.1, -0.05) is 24.3 Å². The van der Waals surface area contributed by atoms with Crippen molar-refractivity contribution < 1.29 is 31.8 Å². The van der Waals surface area contributed by atoms with Gasteiger partial charge in [-0.2, -0.15) is 22.0 Å². The number of benzene rings is 2. The van der Waals surface area contributed by atoms with Crippen LogP contribution in [0.3, 0.4) is 0 Å². The SMILES string of the molecule is Cc1cc(C(O)(c2ccc(OC(F)(F)Br)cc2)C(F)(F)F)ccc1N. The molecule has 2 aromatic rings. The number of hydrogen-bond acceptors (Lipinski definition) is 3. The van der Waals surface area contributed by atoms with Gasteiger partial charge in [0.15, 0.2) is 0 Å². The van der Waals surface area contributed by atoms with E-state index in [0.717, 1.165) is 36.4 Å². The number of hydrogen-bond donors (Lipinski definition) is 2. The maximum Gasteiger partial charge on any atom is 0.459 e. The average molecular weight is 426 g/mol. The second-order valence-corrected chi connectivity index (χ2v) is 6.27. The van der Waals surface area contributed by atoms with E-state index in [-0.39, 0.29) is 11.4 Å². The Hall–Kier alpha value is -1.87. The lowest BCUT2D eigenvalue weighted by atomic mass is 9.84. The van der Waals surface area contributed by atoms with Crippen LogP contribution in [0.5, 0.6) is 5.75 Å². The molecule has 0 aliphatic carbocycles. The molecule has 2 aromatic carbocycles. The predicted molar refractivity (Wildman–Crippen MR) is 85.6 cm³/mol. The normalized spacial score (nSPS) is 14.9. The third-order valence-corrected chi connectivity index (χ3v) is 3.77. The van der Waals surface area contributed by atoms with E-state index in [1.165, 1.54) is 13.0 Å².